The standard InChI is InChI=1S/C15H19NO5/c1-20-9-6-7-12(13(8-9)21-2)16-14(17)10-4-3-5-11(10)15(18)19/h6-8,10-11H,3-5H2,1-2H3,(H,16,17)(H,18,19)/t10-,11+/m1/s1. The van der Waals surface area contributed by atoms with E-state index in [2.05, 4.69) is 5.32 Å². The number of aliphatic carboxylic acids is 1. The van der Waals surface area contributed by atoms with Crippen molar-refractivity contribution in [3.05, 3.63) is 18.2 Å². The van der Waals surface area contributed by atoms with Gasteiger partial charge in [-0.3, -0.25) is 9.59 Å². The third-order valence-corrected chi connectivity index (χ3v) is 3.84. The number of rotatable bonds is 5. The van der Waals surface area contributed by atoms with Gasteiger partial charge in [0.2, 0.25) is 5.91 Å². The fraction of sp³-hybridized carbons (Fsp3) is 0.467. The molecular formula is C15H19NO5. The zero-order valence-electron chi connectivity index (χ0n) is 12.1. The maximum atomic E-state index is 12.3. The molecule has 0 heterocycles. The van der Waals surface area contributed by atoms with Gasteiger partial charge in [-0.1, -0.05) is 6.42 Å². The van der Waals surface area contributed by atoms with Crippen LogP contribution in [0.1, 0.15) is 19.3 Å². The fourth-order valence-electron chi connectivity index (χ4n) is 2.70. The van der Waals surface area contributed by atoms with E-state index in [0.717, 1.165) is 6.42 Å². The van der Waals surface area contributed by atoms with Gasteiger partial charge in [-0.25, -0.2) is 0 Å². The lowest BCUT2D eigenvalue weighted by Crippen LogP contribution is -2.30. The van der Waals surface area contributed by atoms with Gasteiger partial charge in [-0.15, -0.1) is 0 Å². The van der Waals surface area contributed by atoms with Crippen LogP contribution in [0.3, 0.4) is 0 Å². The third-order valence-electron chi connectivity index (χ3n) is 3.84. The average molecular weight is 293 g/mol. The number of ether oxygens (including phenoxy) is 2. The summed E-state index contributed by atoms with van der Waals surface area (Å²) in [4.78, 5) is 23.4. The van der Waals surface area contributed by atoms with Crippen molar-refractivity contribution < 1.29 is 24.2 Å². The van der Waals surface area contributed by atoms with Gasteiger partial charge < -0.3 is 19.9 Å². The summed E-state index contributed by atoms with van der Waals surface area (Å²) >= 11 is 0. The number of carboxylic acids is 1. The highest BCUT2D eigenvalue weighted by atomic mass is 16.5. The highest BCUT2D eigenvalue weighted by molar-refractivity contribution is 5.96. The van der Waals surface area contributed by atoms with E-state index in [1.807, 2.05) is 0 Å². The Bertz CT molecular complexity index is 543. The maximum Gasteiger partial charge on any atom is 0.307 e. The van der Waals surface area contributed by atoms with Crippen molar-refractivity contribution in [3.63, 3.8) is 0 Å². The molecule has 0 bridgehead atoms. The van der Waals surface area contributed by atoms with Crippen molar-refractivity contribution in [1.82, 2.24) is 0 Å². The van der Waals surface area contributed by atoms with E-state index >= 15 is 0 Å². The van der Waals surface area contributed by atoms with Crippen LogP contribution in [-0.2, 0) is 9.59 Å². The van der Waals surface area contributed by atoms with Gasteiger partial charge in [-0.05, 0) is 25.0 Å². The molecule has 0 aliphatic heterocycles. The topological polar surface area (TPSA) is 84.9 Å². The maximum absolute atomic E-state index is 12.3. The van der Waals surface area contributed by atoms with Crippen molar-refractivity contribution in [2.75, 3.05) is 19.5 Å². The van der Waals surface area contributed by atoms with Crippen LogP contribution in [0, 0.1) is 11.8 Å². The molecule has 2 rings (SSSR count). The minimum absolute atomic E-state index is 0.275. The van der Waals surface area contributed by atoms with Crippen molar-refractivity contribution >= 4 is 17.6 Å². The lowest BCUT2D eigenvalue weighted by molar-refractivity contribution is -0.145. The molecule has 1 saturated carbocycles. The molecule has 21 heavy (non-hydrogen) atoms. The van der Waals surface area contributed by atoms with Crippen LogP contribution in [-0.4, -0.2) is 31.2 Å². The van der Waals surface area contributed by atoms with Crippen molar-refractivity contribution in [2.24, 2.45) is 11.8 Å². The third kappa shape index (κ3) is 3.26. The first-order chi connectivity index (χ1) is 10.1. The predicted molar refractivity (Wildman–Crippen MR) is 76.6 cm³/mol. The zero-order chi connectivity index (χ0) is 15.4. The largest absolute Gasteiger partial charge is 0.497 e. The second kappa shape index (κ2) is 6.47. The summed E-state index contributed by atoms with van der Waals surface area (Å²) in [5, 5.41) is 11.9. The molecule has 1 aromatic rings. The van der Waals surface area contributed by atoms with Gasteiger partial charge in [-0.2, -0.15) is 0 Å². The highest BCUT2D eigenvalue weighted by Gasteiger charge is 2.37. The molecule has 6 nitrogen and oxygen atoms in total. The first-order valence-electron chi connectivity index (χ1n) is 6.82. The average Bonchev–Trinajstić information content (AvgIpc) is 2.97. The Morgan fingerprint density at radius 2 is 1.90 bits per heavy atom. The molecule has 0 saturated heterocycles. The summed E-state index contributed by atoms with van der Waals surface area (Å²) in [5.41, 5.74) is 0.513. The number of benzene rings is 1. The Hall–Kier alpha value is -2.24. The Labute approximate surface area is 123 Å². The van der Waals surface area contributed by atoms with E-state index in [4.69, 9.17) is 14.6 Å². The number of carbonyl (C=O) groups excluding carboxylic acids is 1. The van der Waals surface area contributed by atoms with Crippen molar-refractivity contribution in [2.45, 2.75) is 19.3 Å². The Morgan fingerprint density at radius 3 is 2.52 bits per heavy atom. The number of carbonyl (C=O) groups is 2. The normalized spacial score (nSPS) is 20.9. The van der Waals surface area contributed by atoms with E-state index in [0.29, 0.717) is 30.0 Å². The quantitative estimate of drug-likeness (QED) is 0.869. The Morgan fingerprint density at radius 1 is 1.19 bits per heavy atom. The number of hydrogen-bond acceptors (Lipinski definition) is 4. The van der Waals surface area contributed by atoms with Gasteiger partial charge in [0.15, 0.2) is 0 Å². The number of anilines is 1. The summed E-state index contributed by atoms with van der Waals surface area (Å²) < 4.78 is 10.3. The Balaban J connectivity index is 2.14. The smallest absolute Gasteiger partial charge is 0.307 e. The summed E-state index contributed by atoms with van der Waals surface area (Å²) in [6, 6.07) is 5.06. The van der Waals surface area contributed by atoms with E-state index in [9.17, 15) is 9.59 Å². The Kier molecular flexibility index (Phi) is 4.67. The molecule has 1 aromatic carbocycles. The summed E-state index contributed by atoms with van der Waals surface area (Å²) in [6.45, 7) is 0. The van der Waals surface area contributed by atoms with Gasteiger partial charge in [0.05, 0.1) is 31.7 Å². The van der Waals surface area contributed by atoms with Crippen LogP contribution in [0.2, 0.25) is 0 Å². The van der Waals surface area contributed by atoms with Crippen LogP contribution in [0.4, 0.5) is 5.69 Å². The van der Waals surface area contributed by atoms with Gasteiger partial charge in [0.1, 0.15) is 11.5 Å². The number of hydrogen-bond donors (Lipinski definition) is 2. The number of carboxylic acid groups (broad SMARTS) is 1. The number of amides is 1. The van der Waals surface area contributed by atoms with Crippen LogP contribution in [0.15, 0.2) is 18.2 Å². The van der Waals surface area contributed by atoms with E-state index in [1.54, 1.807) is 25.3 Å². The fourth-order valence-corrected chi connectivity index (χ4v) is 2.70. The summed E-state index contributed by atoms with van der Waals surface area (Å²) in [6.07, 6.45) is 1.91. The first-order valence-corrected chi connectivity index (χ1v) is 6.82. The number of nitrogens with one attached hydrogen (secondary N) is 1. The minimum atomic E-state index is -0.908. The van der Waals surface area contributed by atoms with Gasteiger partial charge >= 0.3 is 5.97 Å². The molecule has 6 heteroatoms. The molecule has 0 unspecified atom stereocenters. The molecule has 2 atom stereocenters. The van der Waals surface area contributed by atoms with Crippen LogP contribution in [0.5, 0.6) is 11.5 Å². The molecule has 0 spiro atoms. The second-order valence-corrected chi connectivity index (χ2v) is 5.04. The second-order valence-electron chi connectivity index (χ2n) is 5.04. The van der Waals surface area contributed by atoms with E-state index < -0.39 is 17.8 Å². The molecule has 1 fully saturated rings. The monoisotopic (exact) mass is 293 g/mol. The zero-order valence-corrected chi connectivity index (χ0v) is 12.1. The molecule has 2 N–H and O–H groups in total. The van der Waals surface area contributed by atoms with E-state index in [1.165, 1.54) is 7.11 Å². The van der Waals surface area contributed by atoms with Crippen molar-refractivity contribution in [1.29, 1.82) is 0 Å². The van der Waals surface area contributed by atoms with Gasteiger partial charge in [0, 0.05) is 6.07 Å². The molecule has 1 aliphatic rings. The van der Waals surface area contributed by atoms with Crippen LogP contribution in [0.25, 0.3) is 0 Å². The molecular weight excluding hydrogens is 274 g/mol. The van der Waals surface area contributed by atoms with E-state index in [-0.39, 0.29) is 5.91 Å². The molecule has 0 aromatic heterocycles. The number of methoxy groups -OCH3 is 2. The molecule has 1 amide bonds. The molecule has 0 radical (unpaired) electrons. The van der Waals surface area contributed by atoms with Crippen LogP contribution >= 0.6 is 0 Å². The van der Waals surface area contributed by atoms with Crippen LogP contribution < -0.4 is 14.8 Å². The summed E-state index contributed by atoms with van der Waals surface area (Å²) in [5.74, 6) is -1.18. The first kappa shape index (κ1) is 15.2. The lowest BCUT2D eigenvalue weighted by atomic mass is 9.95. The SMILES string of the molecule is COc1ccc(NC(=O)[C@@H]2CCC[C@@H]2C(=O)O)c(OC)c1. The van der Waals surface area contributed by atoms with Crippen molar-refractivity contribution in [3.8, 4) is 11.5 Å². The van der Waals surface area contributed by atoms with Gasteiger partial charge in [0.25, 0.3) is 0 Å². The summed E-state index contributed by atoms with van der Waals surface area (Å²) in [7, 11) is 3.04. The lowest BCUT2D eigenvalue weighted by Gasteiger charge is -2.17. The minimum Gasteiger partial charge on any atom is -0.497 e. The molecule has 1 aliphatic carbocycles. The predicted octanol–water partition coefficient (Wildman–Crippen LogP) is 2.14. The molecule has 114 valence electrons. The highest BCUT2D eigenvalue weighted by Crippen LogP contribution is 2.35.